The Hall–Kier alpha value is -1.46. The fourth-order valence-corrected chi connectivity index (χ4v) is 2.10. The maximum absolute atomic E-state index is 11.8. The maximum Gasteiger partial charge on any atom is 0.326 e. The Morgan fingerprint density at radius 2 is 2.05 bits per heavy atom. The summed E-state index contributed by atoms with van der Waals surface area (Å²) in [6.07, 6.45) is 0.640. The molecule has 1 rings (SSSR count). The van der Waals surface area contributed by atoms with Gasteiger partial charge in [-0.2, -0.15) is 0 Å². The predicted molar refractivity (Wildman–Crippen MR) is 81.0 cm³/mol. The van der Waals surface area contributed by atoms with Crippen molar-refractivity contribution in [3.8, 4) is 5.75 Å². The van der Waals surface area contributed by atoms with Crippen molar-refractivity contribution in [3.05, 3.63) is 28.2 Å². The highest BCUT2D eigenvalue weighted by molar-refractivity contribution is 6.35. The van der Waals surface area contributed by atoms with Crippen LogP contribution < -0.4 is 10.1 Å². The van der Waals surface area contributed by atoms with Crippen LogP contribution in [0.1, 0.15) is 20.3 Å². The monoisotopic (exact) mass is 333 g/mol. The molecule has 0 unspecified atom stereocenters. The number of carbonyl (C=O) groups is 2. The van der Waals surface area contributed by atoms with E-state index in [1.165, 1.54) is 6.07 Å². The lowest BCUT2D eigenvalue weighted by molar-refractivity contribution is -0.143. The van der Waals surface area contributed by atoms with E-state index in [4.69, 9.17) is 33.0 Å². The minimum Gasteiger partial charge on any atom is -0.482 e. The topological polar surface area (TPSA) is 75.6 Å². The highest BCUT2D eigenvalue weighted by Crippen LogP contribution is 2.27. The summed E-state index contributed by atoms with van der Waals surface area (Å²) in [6, 6.07) is 3.68. The molecule has 21 heavy (non-hydrogen) atoms. The van der Waals surface area contributed by atoms with Crippen LogP contribution in [0, 0.1) is 5.92 Å². The largest absolute Gasteiger partial charge is 0.482 e. The van der Waals surface area contributed by atoms with Crippen LogP contribution in [0.5, 0.6) is 5.75 Å². The van der Waals surface area contributed by atoms with Crippen LogP contribution in [0.25, 0.3) is 0 Å². The van der Waals surface area contributed by atoms with Gasteiger partial charge in [-0.1, -0.05) is 43.5 Å². The van der Waals surface area contributed by atoms with Crippen molar-refractivity contribution in [1.29, 1.82) is 0 Å². The van der Waals surface area contributed by atoms with Gasteiger partial charge in [0.25, 0.3) is 5.91 Å². The molecule has 0 fully saturated rings. The third kappa shape index (κ3) is 5.44. The van der Waals surface area contributed by atoms with Gasteiger partial charge < -0.3 is 15.2 Å². The van der Waals surface area contributed by atoms with Gasteiger partial charge in [0, 0.05) is 5.02 Å². The van der Waals surface area contributed by atoms with Crippen molar-refractivity contribution in [2.45, 2.75) is 26.3 Å². The number of hydrogen-bond donors (Lipinski definition) is 2. The molecule has 0 aliphatic heterocycles. The lowest BCUT2D eigenvalue weighted by atomic mass is 9.99. The highest BCUT2D eigenvalue weighted by Gasteiger charge is 2.25. The molecule has 0 saturated carbocycles. The summed E-state index contributed by atoms with van der Waals surface area (Å²) >= 11 is 11.7. The molecular weight excluding hydrogens is 317 g/mol. The van der Waals surface area contributed by atoms with E-state index in [1.807, 2.05) is 6.92 Å². The smallest absolute Gasteiger partial charge is 0.326 e. The summed E-state index contributed by atoms with van der Waals surface area (Å²) in [5.74, 6) is -1.45. The zero-order valence-corrected chi connectivity index (χ0v) is 13.2. The summed E-state index contributed by atoms with van der Waals surface area (Å²) in [5.41, 5.74) is 0. The predicted octanol–water partition coefficient (Wildman–Crippen LogP) is 2.99. The Bertz CT molecular complexity index is 522. The van der Waals surface area contributed by atoms with Crippen molar-refractivity contribution in [3.63, 3.8) is 0 Å². The number of carboxylic acid groups (broad SMARTS) is 1. The summed E-state index contributed by atoms with van der Waals surface area (Å²) in [5, 5.41) is 12.3. The molecule has 1 amide bonds. The number of halogens is 2. The molecule has 5 nitrogen and oxygen atoms in total. The summed E-state index contributed by atoms with van der Waals surface area (Å²) in [4.78, 5) is 22.9. The molecule has 7 heteroatoms. The summed E-state index contributed by atoms with van der Waals surface area (Å²) < 4.78 is 5.25. The van der Waals surface area contributed by atoms with E-state index in [0.717, 1.165) is 0 Å². The average Bonchev–Trinajstić information content (AvgIpc) is 2.42. The zero-order chi connectivity index (χ0) is 16.0. The second kappa shape index (κ2) is 8.10. The van der Waals surface area contributed by atoms with Gasteiger partial charge in [-0.05, 0) is 24.1 Å². The first-order valence-electron chi connectivity index (χ1n) is 6.45. The van der Waals surface area contributed by atoms with E-state index in [0.29, 0.717) is 17.2 Å². The quantitative estimate of drug-likeness (QED) is 0.804. The molecule has 0 bridgehead atoms. The van der Waals surface area contributed by atoms with Gasteiger partial charge >= 0.3 is 5.97 Å². The van der Waals surface area contributed by atoms with Gasteiger partial charge in [-0.15, -0.1) is 0 Å². The van der Waals surface area contributed by atoms with Gasteiger partial charge in [-0.25, -0.2) is 4.79 Å². The van der Waals surface area contributed by atoms with Crippen LogP contribution in [0.15, 0.2) is 18.2 Å². The van der Waals surface area contributed by atoms with Crippen LogP contribution in [-0.2, 0) is 9.59 Å². The standard InChI is InChI=1S/C14H17Cl2NO4/c1-3-8(2)13(14(19)20)17-12(18)7-21-11-5-4-9(15)6-10(11)16/h4-6,8,13H,3,7H2,1-2H3,(H,17,18)(H,19,20)/t8-,13-/m0/s1. The summed E-state index contributed by atoms with van der Waals surface area (Å²) in [6.45, 7) is 3.30. The molecule has 116 valence electrons. The normalized spacial score (nSPS) is 13.3. The molecule has 0 aliphatic carbocycles. The molecule has 2 N–H and O–H groups in total. The SMILES string of the molecule is CC[C@H](C)[C@H](NC(=O)COc1ccc(Cl)cc1Cl)C(=O)O. The number of aliphatic carboxylic acids is 1. The number of rotatable bonds is 7. The molecule has 2 atom stereocenters. The molecule has 0 aromatic heterocycles. The highest BCUT2D eigenvalue weighted by atomic mass is 35.5. The van der Waals surface area contributed by atoms with Crippen molar-refractivity contribution in [2.24, 2.45) is 5.92 Å². The van der Waals surface area contributed by atoms with Crippen LogP contribution in [-0.4, -0.2) is 29.6 Å². The van der Waals surface area contributed by atoms with Gasteiger partial charge in [0.15, 0.2) is 6.61 Å². The number of benzene rings is 1. The maximum atomic E-state index is 11.8. The number of carboxylic acids is 1. The molecular formula is C14H17Cl2NO4. The van der Waals surface area contributed by atoms with Crippen molar-refractivity contribution >= 4 is 35.1 Å². The number of hydrogen-bond acceptors (Lipinski definition) is 3. The van der Waals surface area contributed by atoms with Gasteiger partial charge in [0.2, 0.25) is 0 Å². The van der Waals surface area contributed by atoms with E-state index in [9.17, 15) is 9.59 Å². The molecule has 0 radical (unpaired) electrons. The first kappa shape index (κ1) is 17.6. The Labute approximate surface area is 133 Å². The van der Waals surface area contributed by atoms with E-state index >= 15 is 0 Å². The van der Waals surface area contributed by atoms with Crippen LogP contribution in [0.4, 0.5) is 0 Å². The van der Waals surface area contributed by atoms with Crippen molar-refractivity contribution < 1.29 is 19.4 Å². The van der Waals surface area contributed by atoms with E-state index in [1.54, 1.807) is 19.1 Å². The molecule has 0 spiro atoms. The molecule has 1 aromatic rings. The fourth-order valence-electron chi connectivity index (χ4n) is 1.63. The van der Waals surface area contributed by atoms with Gasteiger partial charge in [0.05, 0.1) is 5.02 Å². The molecule has 0 aliphatic rings. The molecule has 1 aromatic carbocycles. The summed E-state index contributed by atoms with van der Waals surface area (Å²) in [7, 11) is 0. The van der Waals surface area contributed by atoms with Gasteiger partial charge in [0.1, 0.15) is 11.8 Å². The Morgan fingerprint density at radius 1 is 1.38 bits per heavy atom. The zero-order valence-electron chi connectivity index (χ0n) is 11.7. The van der Waals surface area contributed by atoms with E-state index in [-0.39, 0.29) is 17.5 Å². The van der Waals surface area contributed by atoms with Crippen molar-refractivity contribution in [1.82, 2.24) is 5.32 Å². The molecule has 0 heterocycles. The van der Waals surface area contributed by atoms with Crippen molar-refractivity contribution in [2.75, 3.05) is 6.61 Å². The lowest BCUT2D eigenvalue weighted by Gasteiger charge is -2.20. The Balaban J connectivity index is 2.58. The number of carbonyl (C=O) groups excluding carboxylic acids is 1. The average molecular weight is 334 g/mol. The minimum atomic E-state index is -1.07. The second-order valence-corrected chi connectivity index (χ2v) is 5.48. The number of nitrogens with one attached hydrogen (secondary N) is 1. The van der Waals surface area contributed by atoms with Crippen LogP contribution >= 0.6 is 23.2 Å². The number of amides is 1. The lowest BCUT2D eigenvalue weighted by Crippen LogP contribution is -2.46. The third-order valence-corrected chi connectivity index (χ3v) is 3.58. The third-order valence-electron chi connectivity index (χ3n) is 3.05. The minimum absolute atomic E-state index is 0.175. The first-order valence-corrected chi connectivity index (χ1v) is 7.20. The second-order valence-electron chi connectivity index (χ2n) is 4.63. The van der Waals surface area contributed by atoms with Crippen LogP contribution in [0.2, 0.25) is 10.0 Å². The van der Waals surface area contributed by atoms with E-state index in [2.05, 4.69) is 5.32 Å². The Kier molecular flexibility index (Phi) is 6.78. The Morgan fingerprint density at radius 3 is 2.57 bits per heavy atom. The molecule has 0 saturated heterocycles. The fraction of sp³-hybridized carbons (Fsp3) is 0.429. The van der Waals surface area contributed by atoms with E-state index < -0.39 is 17.9 Å². The number of ether oxygens (including phenoxy) is 1. The van der Waals surface area contributed by atoms with Gasteiger partial charge in [-0.3, -0.25) is 4.79 Å². The first-order chi connectivity index (χ1) is 9.85. The van der Waals surface area contributed by atoms with Crippen LogP contribution in [0.3, 0.4) is 0 Å².